The Morgan fingerprint density at radius 3 is 2.39 bits per heavy atom. The highest BCUT2D eigenvalue weighted by Crippen LogP contribution is 2.17. The number of aliphatic hydroxyl groups is 1. The standard InChI is InChI=1S/C25H33N5O/c1-4-26-25(27-16-15-24(31)22-13-9-6-10-14-22)28-17-23-19(2)29-30(20(23)3)18-21-11-7-5-8-12-21/h5-14,24,31H,4,15-18H2,1-3H3,(H2,26,27,28). The molecule has 3 N–H and O–H groups in total. The van der Waals surface area contributed by atoms with E-state index < -0.39 is 6.10 Å². The Labute approximate surface area is 185 Å². The van der Waals surface area contributed by atoms with E-state index in [9.17, 15) is 5.11 Å². The minimum atomic E-state index is -0.489. The highest BCUT2D eigenvalue weighted by Gasteiger charge is 2.12. The first kappa shape index (κ1) is 22.6. The predicted molar refractivity (Wildman–Crippen MR) is 126 cm³/mol. The number of aromatic nitrogens is 2. The number of rotatable bonds is 9. The zero-order chi connectivity index (χ0) is 22.1. The van der Waals surface area contributed by atoms with E-state index in [4.69, 9.17) is 10.1 Å². The SMILES string of the molecule is CCNC(=NCc1c(C)nn(Cc2ccccc2)c1C)NCCC(O)c1ccccc1. The van der Waals surface area contributed by atoms with Crippen LogP contribution in [0.1, 0.15) is 47.5 Å². The molecule has 31 heavy (non-hydrogen) atoms. The molecule has 0 fully saturated rings. The summed E-state index contributed by atoms with van der Waals surface area (Å²) >= 11 is 0. The van der Waals surface area contributed by atoms with Crippen LogP contribution in [0.2, 0.25) is 0 Å². The van der Waals surface area contributed by atoms with Crippen molar-refractivity contribution in [2.24, 2.45) is 4.99 Å². The molecule has 0 saturated carbocycles. The number of guanidine groups is 1. The van der Waals surface area contributed by atoms with Gasteiger partial charge in [0.25, 0.3) is 0 Å². The topological polar surface area (TPSA) is 74.5 Å². The van der Waals surface area contributed by atoms with Crippen molar-refractivity contribution in [2.45, 2.75) is 46.4 Å². The molecule has 3 aromatic rings. The van der Waals surface area contributed by atoms with Crippen LogP contribution in [0.5, 0.6) is 0 Å². The third kappa shape index (κ3) is 6.43. The van der Waals surface area contributed by atoms with Gasteiger partial charge in [-0.15, -0.1) is 0 Å². The number of nitrogens with zero attached hydrogens (tertiary/aromatic N) is 3. The van der Waals surface area contributed by atoms with Gasteiger partial charge >= 0.3 is 0 Å². The lowest BCUT2D eigenvalue weighted by Gasteiger charge is -2.14. The minimum absolute atomic E-state index is 0.489. The van der Waals surface area contributed by atoms with Gasteiger partial charge in [0.05, 0.1) is 24.9 Å². The number of hydrogen-bond acceptors (Lipinski definition) is 3. The van der Waals surface area contributed by atoms with Gasteiger partial charge in [0.1, 0.15) is 0 Å². The van der Waals surface area contributed by atoms with Gasteiger partial charge in [-0.25, -0.2) is 4.99 Å². The van der Waals surface area contributed by atoms with Crippen molar-refractivity contribution in [3.05, 3.63) is 88.7 Å². The van der Waals surface area contributed by atoms with Gasteiger partial charge in [0.2, 0.25) is 0 Å². The van der Waals surface area contributed by atoms with Crippen LogP contribution in [-0.2, 0) is 13.1 Å². The summed E-state index contributed by atoms with van der Waals surface area (Å²) in [5.74, 6) is 0.748. The lowest BCUT2D eigenvalue weighted by molar-refractivity contribution is 0.168. The van der Waals surface area contributed by atoms with Crippen molar-refractivity contribution in [2.75, 3.05) is 13.1 Å². The summed E-state index contributed by atoms with van der Waals surface area (Å²) < 4.78 is 2.05. The molecule has 0 amide bonds. The average molecular weight is 420 g/mol. The molecule has 1 unspecified atom stereocenters. The Morgan fingerprint density at radius 2 is 1.71 bits per heavy atom. The van der Waals surface area contributed by atoms with Crippen LogP contribution in [0.15, 0.2) is 65.7 Å². The van der Waals surface area contributed by atoms with E-state index in [1.807, 2.05) is 54.9 Å². The number of nitrogens with one attached hydrogen (secondary N) is 2. The highest BCUT2D eigenvalue weighted by molar-refractivity contribution is 5.79. The zero-order valence-electron chi connectivity index (χ0n) is 18.7. The van der Waals surface area contributed by atoms with Gasteiger partial charge in [-0.05, 0) is 38.3 Å². The maximum Gasteiger partial charge on any atom is 0.191 e. The largest absolute Gasteiger partial charge is 0.388 e. The zero-order valence-corrected chi connectivity index (χ0v) is 18.7. The van der Waals surface area contributed by atoms with Crippen molar-refractivity contribution in [1.29, 1.82) is 0 Å². The van der Waals surface area contributed by atoms with Gasteiger partial charge in [-0.2, -0.15) is 5.10 Å². The quantitative estimate of drug-likeness (QED) is 0.365. The lowest BCUT2D eigenvalue weighted by atomic mass is 10.1. The summed E-state index contributed by atoms with van der Waals surface area (Å²) in [6.45, 7) is 8.91. The molecule has 0 saturated heterocycles. The lowest BCUT2D eigenvalue weighted by Crippen LogP contribution is -2.38. The van der Waals surface area contributed by atoms with E-state index in [-0.39, 0.29) is 0 Å². The van der Waals surface area contributed by atoms with Crippen LogP contribution < -0.4 is 10.6 Å². The van der Waals surface area contributed by atoms with Crippen LogP contribution in [0.25, 0.3) is 0 Å². The fraction of sp³-hybridized carbons (Fsp3) is 0.360. The average Bonchev–Trinajstić information content (AvgIpc) is 3.05. The first-order chi connectivity index (χ1) is 15.1. The molecular weight excluding hydrogens is 386 g/mol. The summed E-state index contributed by atoms with van der Waals surface area (Å²) in [5.41, 5.74) is 5.46. The number of hydrogen-bond donors (Lipinski definition) is 3. The molecule has 3 rings (SSSR count). The molecular formula is C25H33N5O. The third-order valence-electron chi connectivity index (χ3n) is 5.34. The molecule has 6 nitrogen and oxygen atoms in total. The Hall–Kier alpha value is -3.12. The molecule has 0 aliphatic heterocycles. The van der Waals surface area contributed by atoms with Gasteiger partial charge in [0, 0.05) is 24.3 Å². The molecule has 0 aliphatic rings. The fourth-order valence-corrected chi connectivity index (χ4v) is 3.54. The van der Waals surface area contributed by atoms with E-state index in [1.54, 1.807) is 0 Å². The smallest absolute Gasteiger partial charge is 0.191 e. The normalized spacial score (nSPS) is 12.6. The van der Waals surface area contributed by atoms with Crippen LogP contribution in [-0.4, -0.2) is 33.9 Å². The molecule has 0 bridgehead atoms. The van der Waals surface area contributed by atoms with Crippen molar-refractivity contribution < 1.29 is 5.11 Å². The van der Waals surface area contributed by atoms with Crippen molar-refractivity contribution >= 4 is 5.96 Å². The summed E-state index contributed by atoms with van der Waals surface area (Å²) in [5, 5.41) is 21.7. The molecule has 0 aliphatic carbocycles. The maximum absolute atomic E-state index is 10.4. The van der Waals surface area contributed by atoms with Crippen LogP contribution in [0.4, 0.5) is 0 Å². The van der Waals surface area contributed by atoms with E-state index >= 15 is 0 Å². The molecule has 1 atom stereocenters. The van der Waals surface area contributed by atoms with Gasteiger partial charge < -0.3 is 15.7 Å². The molecule has 2 aromatic carbocycles. The van der Waals surface area contributed by atoms with Crippen molar-refractivity contribution in [3.8, 4) is 0 Å². The van der Waals surface area contributed by atoms with Gasteiger partial charge in [-0.1, -0.05) is 60.7 Å². The summed E-state index contributed by atoms with van der Waals surface area (Å²) in [6, 6.07) is 20.1. The Morgan fingerprint density at radius 1 is 1.03 bits per heavy atom. The highest BCUT2D eigenvalue weighted by atomic mass is 16.3. The Balaban J connectivity index is 1.61. The maximum atomic E-state index is 10.4. The van der Waals surface area contributed by atoms with E-state index in [0.29, 0.717) is 19.5 Å². The summed E-state index contributed by atoms with van der Waals surface area (Å²) in [6.07, 6.45) is 0.124. The third-order valence-corrected chi connectivity index (χ3v) is 5.34. The summed E-state index contributed by atoms with van der Waals surface area (Å²) in [7, 11) is 0. The van der Waals surface area contributed by atoms with Gasteiger partial charge in [-0.3, -0.25) is 4.68 Å². The van der Waals surface area contributed by atoms with Crippen molar-refractivity contribution in [1.82, 2.24) is 20.4 Å². The second kappa shape index (κ2) is 11.3. The Bertz CT molecular complexity index is 966. The van der Waals surface area contributed by atoms with Crippen LogP contribution >= 0.6 is 0 Å². The van der Waals surface area contributed by atoms with E-state index in [1.165, 1.54) is 5.56 Å². The first-order valence-corrected chi connectivity index (χ1v) is 10.9. The molecule has 1 heterocycles. The molecule has 1 aromatic heterocycles. The number of aliphatic imine (C=N–C) groups is 1. The monoisotopic (exact) mass is 419 g/mol. The van der Waals surface area contributed by atoms with Gasteiger partial charge in [0.15, 0.2) is 5.96 Å². The van der Waals surface area contributed by atoms with E-state index in [0.717, 1.165) is 41.6 Å². The molecule has 6 heteroatoms. The molecule has 164 valence electrons. The number of aryl methyl sites for hydroxylation is 1. The summed E-state index contributed by atoms with van der Waals surface area (Å²) in [4.78, 5) is 4.75. The number of aliphatic hydroxyl groups excluding tert-OH is 1. The van der Waals surface area contributed by atoms with Crippen molar-refractivity contribution in [3.63, 3.8) is 0 Å². The minimum Gasteiger partial charge on any atom is -0.388 e. The molecule has 0 spiro atoms. The predicted octanol–water partition coefficient (Wildman–Crippen LogP) is 3.73. The number of benzene rings is 2. The van der Waals surface area contributed by atoms with E-state index in [2.05, 4.69) is 41.8 Å². The molecule has 0 radical (unpaired) electrons. The Kier molecular flexibility index (Phi) is 8.24. The van der Waals surface area contributed by atoms with Crippen LogP contribution in [0.3, 0.4) is 0 Å². The van der Waals surface area contributed by atoms with Crippen LogP contribution in [0, 0.1) is 13.8 Å². The fourth-order valence-electron chi connectivity index (χ4n) is 3.54. The second-order valence-corrected chi connectivity index (χ2v) is 7.63. The first-order valence-electron chi connectivity index (χ1n) is 10.9. The second-order valence-electron chi connectivity index (χ2n) is 7.63.